The van der Waals surface area contributed by atoms with E-state index in [4.69, 9.17) is 4.52 Å². The number of fused-ring (bicyclic) bond motifs is 1. The van der Waals surface area contributed by atoms with Gasteiger partial charge in [0.1, 0.15) is 0 Å². The predicted molar refractivity (Wildman–Crippen MR) is 107 cm³/mol. The molecule has 0 aromatic heterocycles. The van der Waals surface area contributed by atoms with Crippen LogP contribution in [0.4, 0.5) is 13.2 Å². The van der Waals surface area contributed by atoms with Gasteiger partial charge in [-0.1, -0.05) is 12.1 Å². The maximum absolute atomic E-state index is 12.9. The number of halogens is 3. The van der Waals surface area contributed by atoms with Gasteiger partial charge in [-0.25, -0.2) is 0 Å². The molecule has 7 nitrogen and oxygen atoms in total. The molecule has 31 heavy (non-hydrogen) atoms. The minimum atomic E-state index is -4.99. The molecule has 0 saturated heterocycles. The van der Waals surface area contributed by atoms with Gasteiger partial charge in [0.15, 0.2) is 6.16 Å². The first kappa shape index (κ1) is 24.9. The average Bonchev–Trinajstić information content (AvgIpc) is 2.96. The minimum absolute atomic E-state index is 0.0647. The quantitative estimate of drug-likeness (QED) is 0.267. The summed E-state index contributed by atoms with van der Waals surface area (Å²) >= 11 is 0. The Morgan fingerprint density at radius 3 is 2.10 bits per heavy atom. The third-order valence-electron chi connectivity index (χ3n) is 4.76. The molecule has 1 aromatic rings. The van der Waals surface area contributed by atoms with Crippen LogP contribution >= 0.6 is 8.03 Å². The monoisotopic (exact) mass is 461 g/mol. The third-order valence-corrected chi connectivity index (χ3v) is 5.99. The summed E-state index contributed by atoms with van der Waals surface area (Å²) in [5.74, 6) is -2.78. The van der Waals surface area contributed by atoms with Gasteiger partial charge in [-0.15, -0.1) is 4.52 Å². The van der Waals surface area contributed by atoms with E-state index in [2.05, 4.69) is 0 Å². The molecule has 2 rings (SSSR count). The molecule has 170 valence electrons. The zero-order valence-corrected chi connectivity index (χ0v) is 18.1. The fourth-order valence-electron chi connectivity index (χ4n) is 3.26. The van der Waals surface area contributed by atoms with Gasteiger partial charge in [-0.05, 0) is 49.3 Å². The Balaban J connectivity index is 1.83. The van der Waals surface area contributed by atoms with Crippen LogP contribution in [0, 0.1) is 0 Å². The Labute approximate surface area is 179 Å². The number of carbonyl (C=O) groups is 3. The van der Waals surface area contributed by atoms with E-state index in [0.717, 1.165) is 9.80 Å². The fraction of sp³-hybridized carbons (Fsp3) is 0.550. The van der Waals surface area contributed by atoms with Crippen LogP contribution in [0.15, 0.2) is 24.3 Å². The number of rotatable bonds is 12. The lowest BCUT2D eigenvalue weighted by Crippen LogP contribution is -2.42. The molecular formula is C20H25F3N2O5P+. The molecule has 0 bridgehead atoms. The molecule has 11 heteroatoms. The second-order valence-electron chi connectivity index (χ2n) is 6.99. The fourth-order valence-corrected chi connectivity index (χ4v) is 4.16. The van der Waals surface area contributed by atoms with E-state index in [0.29, 0.717) is 24.2 Å². The highest BCUT2D eigenvalue weighted by Crippen LogP contribution is 2.25. The lowest BCUT2D eigenvalue weighted by atomic mass is 10.1. The zero-order valence-electron chi connectivity index (χ0n) is 17.2. The predicted octanol–water partition coefficient (Wildman–Crippen LogP) is 4.01. The summed E-state index contributed by atoms with van der Waals surface area (Å²) in [5.41, 5.74) is 0.624. The van der Waals surface area contributed by atoms with Crippen molar-refractivity contribution in [2.24, 2.45) is 0 Å². The number of amides is 3. The van der Waals surface area contributed by atoms with Crippen molar-refractivity contribution >= 4 is 25.7 Å². The smallest absolute Gasteiger partial charge is 0.335 e. The standard InChI is InChI=1S/C20H25F3N2O5P/c1-2-30-31(29)14-8-7-12-24(19(28)20(21,22)23)11-5-6-13-25-17(26)15-9-3-4-10-16(15)18(25)27/h3-4,9-10H,2,5-8,11-14H2,1H3/q+1. The maximum Gasteiger partial charge on any atom is 0.508 e. The van der Waals surface area contributed by atoms with Crippen molar-refractivity contribution in [1.29, 1.82) is 0 Å². The van der Waals surface area contributed by atoms with Crippen LogP contribution in [0.25, 0.3) is 0 Å². The summed E-state index contributed by atoms with van der Waals surface area (Å²) in [5, 5.41) is 0. The molecule has 0 fully saturated rings. The molecule has 0 N–H and O–H groups in total. The van der Waals surface area contributed by atoms with Gasteiger partial charge in [0.25, 0.3) is 11.8 Å². The van der Waals surface area contributed by atoms with Crippen molar-refractivity contribution in [3.63, 3.8) is 0 Å². The topological polar surface area (TPSA) is 84.0 Å². The first-order valence-corrected chi connectivity index (χ1v) is 11.4. The van der Waals surface area contributed by atoms with Crippen LogP contribution in [0.5, 0.6) is 0 Å². The van der Waals surface area contributed by atoms with Crippen LogP contribution in [0.3, 0.4) is 0 Å². The average molecular weight is 461 g/mol. The zero-order chi connectivity index (χ0) is 23.0. The number of nitrogens with zero attached hydrogens (tertiary/aromatic N) is 2. The van der Waals surface area contributed by atoms with Crippen molar-refractivity contribution in [3.8, 4) is 0 Å². The van der Waals surface area contributed by atoms with E-state index in [-0.39, 0.29) is 45.1 Å². The van der Waals surface area contributed by atoms with Crippen LogP contribution in [-0.2, 0) is 13.9 Å². The Morgan fingerprint density at radius 1 is 1.03 bits per heavy atom. The molecule has 1 aliphatic heterocycles. The summed E-state index contributed by atoms with van der Waals surface area (Å²) < 4.78 is 55.0. The van der Waals surface area contributed by atoms with Crippen LogP contribution in [0.2, 0.25) is 0 Å². The second-order valence-corrected chi connectivity index (χ2v) is 8.36. The van der Waals surface area contributed by atoms with Crippen molar-refractivity contribution in [2.75, 3.05) is 32.4 Å². The first-order valence-electron chi connectivity index (χ1n) is 10.1. The van der Waals surface area contributed by atoms with Gasteiger partial charge < -0.3 is 4.90 Å². The van der Waals surface area contributed by atoms with Gasteiger partial charge >= 0.3 is 20.1 Å². The molecule has 1 atom stereocenters. The number of benzene rings is 1. The number of hydrogen-bond acceptors (Lipinski definition) is 5. The number of alkyl halides is 3. The summed E-state index contributed by atoms with van der Waals surface area (Å²) in [6.45, 7) is 1.77. The van der Waals surface area contributed by atoms with Gasteiger partial charge in [-0.2, -0.15) is 13.2 Å². The highest BCUT2D eigenvalue weighted by atomic mass is 31.1. The molecule has 1 heterocycles. The number of unbranched alkanes of at least 4 members (excludes halogenated alkanes) is 2. The van der Waals surface area contributed by atoms with Crippen LogP contribution < -0.4 is 0 Å². The van der Waals surface area contributed by atoms with E-state index in [1.54, 1.807) is 31.2 Å². The minimum Gasteiger partial charge on any atom is -0.335 e. The number of imide groups is 1. The molecule has 1 aliphatic rings. The van der Waals surface area contributed by atoms with Crippen molar-refractivity contribution in [1.82, 2.24) is 9.80 Å². The lowest BCUT2D eigenvalue weighted by molar-refractivity contribution is -0.185. The molecule has 3 amide bonds. The van der Waals surface area contributed by atoms with E-state index < -0.39 is 31.9 Å². The molecule has 1 unspecified atom stereocenters. The first-order chi connectivity index (χ1) is 14.7. The largest absolute Gasteiger partial charge is 0.508 e. The van der Waals surface area contributed by atoms with Crippen LogP contribution in [-0.4, -0.2) is 66.1 Å². The molecule has 0 spiro atoms. The van der Waals surface area contributed by atoms with Crippen molar-refractivity contribution in [2.45, 2.75) is 38.8 Å². The summed E-state index contributed by atoms with van der Waals surface area (Å²) in [6, 6.07) is 6.41. The second kappa shape index (κ2) is 11.3. The maximum atomic E-state index is 12.9. The van der Waals surface area contributed by atoms with Crippen molar-refractivity contribution < 1.29 is 36.6 Å². The SMILES string of the molecule is CCO[P+](=O)CCCCN(CCCCN1C(=O)c2ccccc2C1=O)C(=O)C(F)(F)F. The molecule has 0 aliphatic carbocycles. The highest BCUT2D eigenvalue weighted by Gasteiger charge is 2.42. The Morgan fingerprint density at radius 2 is 1.58 bits per heavy atom. The summed E-state index contributed by atoms with van der Waals surface area (Å²) in [7, 11) is -1.84. The normalized spacial score (nSPS) is 14.1. The Hall–Kier alpha value is -2.32. The highest BCUT2D eigenvalue weighted by molar-refractivity contribution is 7.39. The molecular weight excluding hydrogens is 436 g/mol. The van der Waals surface area contributed by atoms with E-state index in [9.17, 15) is 32.1 Å². The van der Waals surface area contributed by atoms with Crippen LogP contribution in [0.1, 0.15) is 53.3 Å². The van der Waals surface area contributed by atoms with Gasteiger partial charge in [0.2, 0.25) is 0 Å². The number of carbonyl (C=O) groups excluding carboxylic acids is 3. The lowest BCUT2D eigenvalue weighted by Gasteiger charge is -2.24. The Kier molecular flexibility index (Phi) is 9.13. The molecule has 1 aromatic carbocycles. The summed E-state index contributed by atoms with van der Waals surface area (Å²) in [6.07, 6.45) is -3.68. The van der Waals surface area contributed by atoms with E-state index in [1.807, 2.05) is 0 Å². The van der Waals surface area contributed by atoms with Gasteiger partial charge in [-0.3, -0.25) is 19.3 Å². The van der Waals surface area contributed by atoms with Gasteiger partial charge in [0, 0.05) is 19.6 Å². The summed E-state index contributed by atoms with van der Waals surface area (Å²) in [4.78, 5) is 38.1. The van der Waals surface area contributed by atoms with Crippen molar-refractivity contribution in [3.05, 3.63) is 35.4 Å². The number of hydrogen-bond donors (Lipinski definition) is 0. The molecule has 0 radical (unpaired) electrons. The Bertz CT molecular complexity index is 796. The van der Waals surface area contributed by atoms with Gasteiger partial charge in [0.05, 0.1) is 17.7 Å². The third kappa shape index (κ3) is 6.83. The molecule has 0 saturated carbocycles. The van der Waals surface area contributed by atoms with E-state index in [1.165, 1.54) is 0 Å². The van der Waals surface area contributed by atoms with E-state index >= 15 is 0 Å².